The molecule has 0 spiro atoms. The first-order valence-electron chi connectivity index (χ1n) is 6.93. The van der Waals surface area contributed by atoms with E-state index in [-0.39, 0.29) is 4.75 Å². The van der Waals surface area contributed by atoms with Gasteiger partial charge in [0.05, 0.1) is 13.1 Å². The Balaban J connectivity index is 2.62. The molecule has 0 radical (unpaired) electrons. The van der Waals surface area contributed by atoms with Crippen molar-refractivity contribution in [3.05, 3.63) is 0 Å². The molecule has 1 heterocycles. The van der Waals surface area contributed by atoms with Gasteiger partial charge in [-0.15, -0.1) is 6.42 Å². The largest absolute Gasteiger partial charge is 0.381 e. The monoisotopic (exact) mass is 283 g/mol. The SMILES string of the molecule is C#CCNC(=NCC1(SCC)CCOCC1)NCC. The van der Waals surface area contributed by atoms with Gasteiger partial charge in [0, 0.05) is 24.5 Å². The van der Waals surface area contributed by atoms with Crippen LogP contribution in [0.2, 0.25) is 0 Å². The fraction of sp³-hybridized carbons (Fsp3) is 0.786. The number of thioether (sulfide) groups is 1. The molecule has 0 aliphatic carbocycles. The van der Waals surface area contributed by atoms with Crippen LogP contribution < -0.4 is 10.6 Å². The van der Waals surface area contributed by atoms with Crippen LogP contribution in [0.25, 0.3) is 0 Å². The number of terminal acetylenes is 1. The molecule has 0 bridgehead atoms. The Morgan fingerprint density at radius 3 is 2.68 bits per heavy atom. The molecule has 108 valence electrons. The number of guanidine groups is 1. The minimum Gasteiger partial charge on any atom is -0.381 e. The molecular formula is C14H25N3OS. The third kappa shape index (κ3) is 5.75. The predicted molar refractivity (Wildman–Crippen MR) is 83.7 cm³/mol. The average molecular weight is 283 g/mol. The molecule has 0 aromatic carbocycles. The first kappa shape index (κ1) is 16.2. The van der Waals surface area contributed by atoms with Crippen molar-refractivity contribution >= 4 is 17.7 Å². The van der Waals surface area contributed by atoms with Gasteiger partial charge in [-0.25, -0.2) is 0 Å². The molecule has 2 N–H and O–H groups in total. The zero-order chi connectivity index (χ0) is 14.0. The van der Waals surface area contributed by atoms with Gasteiger partial charge in [-0.1, -0.05) is 12.8 Å². The Morgan fingerprint density at radius 1 is 1.37 bits per heavy atom. The molecule has 0 atom stereocenters. The van der Waals surface area contributed by atoms with Crippen LogP contribution in [0.3, 0.4) is 0 Å². The van der Waals surface area contributed by atoms with E-state index in [1.54, 1.807) is 0 Å². The van der Waals surface area contributed by atoms with Crippen LogP contribution in [0.15, 0.2) is 4.99 Å². The topological polar surface area (TPSA) is 45.7 Å². The summed E-state index contributed by atoms with van der Waals surface area (Å²) in [5, 5.41) is 6.35. The molecule has 19 heavy (non-hydrogen) atoms. The highest BCUT2D eigenvalue weighted by Crippen LogP contribution is 2.35. The van der Waals surface area contributed by atoms with Crippen molar-refractivity contribution in [1.29, 1.82) is 0 Å². The normalized spacial score (nSPS) is 18.7. The number of rotatable bonds is 6. The summed E-state index contributed by atoms with van der Waals surface area (Å²) in [7, 11) is 0. The second-order valence-electron chi connectivity index (χ2n) is 4.48. The van der Waals surface area contributed by atoms with E-state index in [9.17, 15) is 0 Å². The van der Waals surface area contributed by atoms with E-state index in [2.05, 4.69) is 35.4 Å². The summed E-state index contributed by atoms with van der Waals surface area (Å²) in [6.07, 6.45) is 7.42. The summed E-state index contributed by atoms with van der Waals surface area (Å²) in [5.74, 6) is 4.50. The van der Waals surface area contributed by atoms with Crippen molar-refractivity contribution in [3.63, 3.8) is 0 Å². The first-order valence-corrected chi connectivity index (χ1v) is 7.92. The summed E-state index contributed by atoms with van der Waals surface area (Å²) in [4.78, 5) is 4.69. The number of nitrogens with zero attached hydrogens (tertiary/aromatic N) is 1. The van der Waals surface area contributed by atoms with Gasteiger partial charge in [0.15, 0.2) is 5.96 Å². The van der Waals surface area contributed by atoms with Crippen LogP contribution in [0.5, 0.6) is 0 Å². The molecule has 0 aromatic heterocycles. The average Bonchev–Trinajstić information content (AvgIpc) is 2.43. The number of hydrogen-bond acceptors (Lipinski definition) is 3. The third-order valence-corrected chi connectivity index (χ3v) is 4.52. The lowest BCUT2D eigenvalue weighted by atomic mass is 9.99. The second-order valence-corrected chi connectivity index (χ2v) is 6.21. The van der Waals surface area contributed by atoms with Crippen LogP contribution >= 0.6 is 11.8 Å². The molecule has 1 aliphatic rings. The van der Waals surface area contributed by atoms with Crippen LogP contribution in [0.1, 0.15) is 26.7 Å². The van der Waals surface area contributed by atoms with E-state index in [1.165, 1.54) is 0 Å². The number of nitrogens with one attached hydrogen (secondary N) is 2. The summed E-state index contributed by atoms with van der Waals surface area (Å²) in [5.41, 5.74) is 0. The minimum absolute atomic E-state index is 0.228. The number of aliphatic imine (C=N–C) groups is 1. The molecule has 0 saturated carbocycles. The van der Waals surface area contributed by atoms with Gasteiger partial charge in [-0.2, -0.15) is 11.8 Å². The Morgan fingerprint density at radius 2 is 2.11 bits per heavy atom. The van der Waals surface area contributed by atoms with Gasteiger partial charge in [0.25, 0.3) is 0 Å². The Hall–Kier alpha value is -0.860. The zero-order valence-electron chi connectivity index (χ0n) is 12.0. The molecular weight excluding hydrogens is 258 g/mol. The highest BCUT2D eigenvalue weighted by atomic mass is 32.2. The summed E-state index contributed by atoms with van der Waals surface area (Å²) in [6, 6.07) is 0. The molecule has 1 fully saturated rings. The molecule has 0 aromatic rings. The lowest BCUT2D eigenvalue weighted by molar-refractivity contribution is 0.0793. The van der Waals surface area contributed by atoms with Crippen molar-refractivity contribution in [2.45, 2.75) is 31.4 Å². The van der Waals surface area contributed by atoms with Crippen molar-refractivity contribution in [3.8, 4) is 12.3 Å². The summed E-state index contributed by atoms with van der Waals surface area (Å²) in [6.45, 7) is 8.10. The lowest BCUT2D eigenvalue weighted by Crippen LogP contribution is -2.41. The van der Waals surface area contributed by atoms with E-state index in [0.29, 0.717) is 6.54 Å². The maximum atomic E-state index is 5.47. The molecule has 0 amide bonds. The smallest absolute Gasteiger partial charge is 0.192 e. The van der Waals surface area contributed by atoms with Crippen molar-refractivity contribution in [2.24, 2.45) is 4.99 Å². The third-order valence-electron chi connectivity index (χ3n) is 3.08. The van der Waals surface area contributed by atoms with Gasteiger partial charge in [-0.3, -0.25) is 4.99 Å². The molecule has 1 saturated heterocycles. The van der Waals surface area contributed by atoms with Gasteiger partial charge in [0.1, 0.15) is 0 Å². The fourth-order valence-corrected chi connectivity index (χ4v) is 3.32. The van der Waals surface area contributed by atoms with Crippen LogP contribution in [-0.4, -0.2) is 49.3 Å². The van der Waals surface area contributed by atoms with Crippen molar-refractivity contribution in [1.82, 2.24) is 10.6 Å². The van der Waals surface area contributed by atoms with E-state index in [0.717, 1.165) is 50.9 Å². The summed E-state index contributed by atoms with van der Waals surface area (Å²) >= 11 is 2.00. The van der Waals surface area contributed by atoms with Gasteiger partial charge in [-0.05, 0) is 25.5 Å². The zero-order valence-corrected chi connectivity index (χ0v) is 12.8. The van der Waals surface area contributed by atoms with Crippen molar-refractivity contribution < 1.29 is 4.74 Å². The highest BCUT2D eigenvalue weighted by Gasteiger charge is 2.32. The summed E-state index contributed by atoms with van der Waals surface area (Å²) < 4.78 is 5.70. The predicted octanol–water partition coefficient (Wildman–Crippen LogP) is 1.48. The minimum atomic E-state index is 0.228. The van der Waals surface area contributed by atoms with E-state index < -0.39 is 0 Å². The van der Waals surface area contributed by atoms with E-state index >= 15 is 0 Å². The Bertz CT molecular complexity index is 314. The number of ether oxygens (including phenoxy) is 1. The maximum absolute atomic E-state index is 5.47. The maximum Gasteiger partial charge on any atom is 0.192 e. The quantitative estimate of drug-likeness (QED) is 0.440. The van der Waals surface area contributed by atoms with Crippen LogP contribution in [0, 0.1) is 12.3 Å². The number of hydrogen-bond donors (Lipinski definition) is 2. The molecule has 1 aliphatic heterocycles. The fourth-order valence-electron chi connectivity index (χ4n) is 2.10. The molecule has 5 heteroatoms. The lowest BCUT2D eigenvalue weighted by Gasteiger charge is -2.35. The standard InChI is InChI=1S/C14H25N3OS/c1-4-9-16-13(15-5-2)17-12-14(19-6-3)7-10-18-11-8-14/h1H,5-12H2,2-3H3,(H2,15,16,17). The molecule has 1 rings (SSSR count). The van der Waals surface area contributed by atoms with Gasteiger partial charge < -0.3 is 15.4 Å². The first-order chi connectivity index (χ1) is 9.26. The molecule has 4 nitrogen and oxygen atoms in total. The highest BCUT2D eigenvalue weighted by molar-refractivity contribution is 8.00. The van der Waals surface area contributed by atoms with E-state index in [1.807, 2.05) is 11.8 Å². The molecule has 0 unspecified atom stereocenters. The Kier molecular flexibility index (Phi) is 7.76. The Labute approximate surface area is 121 Å². The van der Waals surface area contributed by atoms with Crippen LogP contribution in [0.4, 0.5) is 0 Å². The van der Waals surface area contributed by atoms with E-state index in [4.69, 9.17) is 11.2 Å². The van der Waals surface area contributed by atoms with Gasteiger partial charge >= 0.3 is 0 Å². The van der Waals surface area contributed by atoms with Gasteiger partial charge in [0.2, 0.25) is 0 Å². The second kappa shape index (κ2) is 9.11. The van der Waals surface area contributed by atoms with Crippen molar-refractivity contribution in [2.75, 3.05) is 38.6 Å². The van der Waals surface area contributed by atoms with Crippen LogP contribution in [-0.2, 0) is 4.74 Å².